The van der Waals surface area contributed by atoms with Crippen molar-refractivity contribution in [3.63, 3.8) is 0 Å². The molecule has 0 spiro atoms. The third kappa shape index (κ3) is 5.10. The van der Waals surface area contributed by atoms with Crippen molar-refractivity contribution in [2.75, 3.05) is 19.5 Å². The van der Waals surface area contributed by atoms with E-state index in [0.29, 0.717) is 34.9 Å². The molecule has 0 atom stereocenters. The number of aromatic nitrogens is 1. The molecule has 0 unspecified atom stereocenters. The minimum absolute atomic E-state index is 0.288. The molecule has 7 heteroatoms. The van der Waals surface area contributed by atoms with Gasteiger partial charge in [-0.1, -0.05) is 12.1 Å². The van der Waals surface area contributed by atoms with Gasteiger partial charge < -0.3 is 20.1 Å². The maximum Gasteiger partial charge on any atom is 0.255 e. The van der Waals surface area contributed by atoms with Gasteiger partial charge in [-0.15, -0.1) is 0 Å². The van der Waals surface area contributed by atoms with Crippen LogP contribution in [0.4, 0.5) is 5.69 Å². The number of hydrogen-bond donors (Lipinski definition) is 2. The van der Waals surface area contributed by atoms with Crippen molar-refractivity contribution >= 4 is 17.5 Å². The number of nitrogens with zero attached hydrogens (tertiary/aromatic N) is 1. The Morgan fingerprint density at radius 2 is 1.69 bits per heavy atom. The van der Waals surface area contributed by atoms with Crippen LogP contribution in [0.1, 0.15) is 26.4 Å². The van der Waals surface area contributed by atoms with E-state index >= 15 is 0 Å². The van der Waals surface area contributed by atoms with Crippen molar-refractivity contribution in [1.29, 1.82) is 0 Å². The number of benzene rings is 2. The summed E-state index contributed by atoms with van der Waals surface area (Å²) in [5, 5.41) is 5.59. The van der Waals surface area contributed by atoms with Crippen LogP contribution < -0.4 is 20.1 Å². The average Bonchev–Trinajstić information content (AvgIpc) is 2.78. The van der Waals surface area contributed by atoms with Crippen molar-refractivity contribution in [2.45, 2.75) is 6.54 Å². The number of hydrogen-bond acceptors (Lipinski definition) is 5. The van der Waals surface area contributed by atoms with Gasteiger partial charge in [-0.2, -0.15) is 0 Å². The minimum atomic E-state index is -0.365. The van der Waals surface area contributed by atoms with Gasteiger partial charge in [0.1, 0.15) is 11.5 Å². The number of carbonyl (C=O) groups excluding carboxylic acids is 2. The van der Waals surface area contributed by atoms with Crippen LogP contribution in [0.2, 0.25) is 0 Å². The van der Waals surface area contributed by atoms with Crippen LogP contribution in [0.3, 0.4) is 0 Å². The molecule has 0 saturated carbocycles. The molecule has 2 aromatic carbocycles. The predicted molar refractivity (Wildman–Crippen MR) is 109 cm³/mol. The molecule has 1 aromatic heterocycles. The number of amides is 2. The summed E-state index contributed by atoms with van der Waals surface area (Å²) in [7, 11) is 3.06. The fraction of sp³-hybridized carbons (Fsp3) is 0.136. The first-order chi connectivity index (χ1) is 14.1. The van der Waals surface area contributed by atoms with Gasteiger partial charge in [-0.05, 0) is 42.5 Å². The predicted octanol–water partition coefficient (Wildman–Crippen LogP) is 3.28. The fourth-order valence-corrected chi connectivity index (χ4v) is 2.68. The largest absolute Gasteiger partial charge is 0.497 e. The van der Waals surface area contributed by atoms with Crippen LogP contribution in [0.15, 0.2) is 66.9 Å². The molecule has 7 nitrogen and oxygen atoms in total. The van der Waals surface area contributed by atoms with E-state index in [2.05, 4.69) is 15.6 Å². The highest BCUT2D eigenvalue weighted by Gasteiger charge is 2.13. The van der Waals surface area contributed by atoms with Gasteiger partial charge in [-0.25, -0.2) is 0 Å². The molecule has 2 amide bonds. The molecule has 148 valence electrons. The van der Waals surface area contributed by atoms with Crippen LogP contribution in [0.25, 0.3) is 0 Å². The molecule has 0 fully saturated rings. The molecule has 3 aromatic rings. The third-order valence-electron chi connectivity index (χ3n) is 4.20. The van der Waals surface area contributed by atoms with Gasteiger partial charge >= 0.3 is 0 Å². The maximum absolute atomic E-state index is 12.7. The van der Waals surface area contributed by atoms with E-state index < -0.39 is 0 Å². The first kappa shape index (κ1) is 19.9. The molecule has 3 rings (SSSR count). The number of rotatable bonds is 7. The zero-order valence-electron chi connectivity index (χ0n) is 16.1. The molecular weight excluding hydrogens is 370 g/mol. The normalized spacial score (nSPS) is 10.1. The number of methoxy groups -OCH3 is 2. The first-order valence-corrected chi connectivity index (χ1v) is 8.92. The Morgan fingerprint density at radius 3 is 2.38 bits per heavy atom. The Bertz CT molecular complexity index is 1010. The molecule has 29 heavy (non-hydrogen) atoms. The number of ether oxygens (including phenoxy) is 2. The van der Waals surface area contributed by atoms with E-state index in [1.165, 1.54) is 13.2 Å². The SMILES string of the molecule is COc1ccc(OC)c(NC(=O)c2cccc(C(=O)NCc3ccccn3)c2)c1. The van der Waals surface area contributed by atoms with Gasteiger partial charge in [0, 0.05) is 23.4 Å². The highest BCUT2D eigenvalue weighted by atomic mass is 16.5. The van der Waals surface area contributed by atoms with Gasteiger partial charge in [0.2, 0.25) is 0 Å². The van der Waals surface area contributed by atoms with Crippen molar-refractivity contribution in [2.24, 2.45) is 0 Å². The second-order valence-corrected chi connectivity index (χ2v) is 6.10. The van der Waals surface area contributed by atoms with Crippen molar-refractivity contribution in [3.8, 4) is 11.5 Å². The van der Waals surface area contributed by atoms with Crippen molar-refractivity contribution < 1.29 is 19.1 Å². The summed E-state index contributed by atoms with van der Waals surface area (Å²) in [5.74, 6) is 0.437. The van der Waals surface area contributed by atoms with E-state index in [4.69, 9.17) is 9.47 Å². The quantitative estimate of drug-likeness (QED) is 0.645. The highest BCUT2D eigenvalue weighted by molar-refractivity contribution is 6.06. The molecule has 1 heterocycles. The molecule has 0 radical (unpaired) electrons. The number of nitrogens with one attached hydrogen (secondary N) is 2. The second kappa shape index (κ2) is 9.36. The summed E-state index contributed by atoms with van der Waals surface area (Å²) in [5.41, 5.74) is 1.95. The molecule has 0 saturated heterocycles. The molecule has 0 aliphatic rings. The van der Waals surface area contributed by atoms with Gasteiger partial charge in [0.15, 0.2) is 0 Å². The Hall–Kier alpha value is -3.87. The minimum Gasteiger partial charge on any atom is -0.497 e. The number of anilines is 1. The lowest BCUT2D eigenvalue weighted by Gasteiger charge is -2.12. The monoisotopic (exact) mass is 391 g/mol. The Balaban J connectivity index is 1.72. The molecule has 0 bridgehead atoms. The van der Waals surface area contributed by atoms with E-state index in [0.717, 1.165) is 5.69 Å². The summed E-state index contributed by atoms with van der Waals surface area (Å²) in [6.45, 7) is 0.303. The number of carbonyl (C=O) groups is 2. The summed E-state index contributed by atoms with van der Waals surface area (Å²) < 4.78 is 10.5. The van der Waals surface area contributed by atoms with E-state index in [9.17, 15) is 9.59 Å². The lowest BCUT2D eigenvalue weighted by atomic mass is 10.1. The van der Waals surface area contributed by atoms with E-state index in [-0.39, 0.29) is 11.8 Å². The van der Waals surface area contributed by atoms with Crippen LogP contribution in [0, 0.1) is 0 Å². The van der Waals surface area contributed by atoms with Crippen LogP contribution >= 0.6 is 0 Å². The van der Waals surface area contributed by atoms with E-state index in [1.807, 2.05) is 18.2 Å². The van der Waals surface area contributed by atoms with Crippen molar-refractivity contribution in [3.05, 3.63) is 83.7 Å². The summed E-state index contributed by atoms with van der Waals surface area (Å²) in [4.78, 5) is 29.3. The highest BCUT2D eigenvalue weighted by Crippen LogP contribution is 2.29. The van der Waals surface area contributed by atoms with Crippen LogP contribution in [-0.2, 0) is 6.54 Å². The second-order valence-electron chi connectivity index (χ2n) is 6.10. The van der Waals surface area contributed by atoms with Gasteiger partial charge in [0.25, 0.3) is 11.8 Å². The first-order valence-electron chi connectivity index (χ1n) is 8.92. The lowest BCUT2D eigenvalue weighted by molar-refractivity contribution is 0.0950. The molecule has 0 aliphatic carbocycles. The Labute approximate surface area is 168 Å². The molecule has 0 aliphatic heterocycles. The Kier molecular flexibility index (Phi) is 6.42. The smallest absolute Gasteiger partial charge is 0.255 e. The van der Waals surface area contributed by atoms with Gasteiger partial charge in [-0.3, -0.25) is 14.6 Å². The topological polar surface area (TPSA) is 89.5 Å². The third-order valence-corrected chi connectivity index (χ3v) is 4.20. The zero-order valence-corrected chi connectivity index (χ0v) is 16.1. The maximum atomic E-state index is 12.7. The van der Waals surface area contributed by atoms with Crippen LogP contribution in [-0.4, -0.2) is 31.0 Å². The average molecular weight is 391 g/mol. The standard InChI is InChI=1S/C22H21N3O4/c1-28-18-9-10-20(29-2)19(13-18)25-22(27)16-7-5-6-15(12-16)21(26)24-14-17-8-3-4-11-23-17/h3-13H,14H2,1-2H3,(H,24,26)(H,25,27). The van der Waals surface area contributed by atoms with Gasteiger partial charge in [0.05, 0.1) is 32.1 Å². The van der Waals surface area contributed by atoms with E-state index in [1.54, 1.807) is 49.7 Å². The molecule has 2 N–H and O–H groups in total. The van der Waals surface area contributed by atoms with Crippen LogP contribution in [0.5, 0.6) is 11.5 Å². The lowest BCUT2D eigenvalue weighted by Crippen LogP contribution is -2.23. The van der Waals surface area contributed by atoms with Crippen molar-refractivity contribution in [1.82, 2.24) is 10.3 Å². The summed E-state index contributed by atoms with van der Waals surface area (Å²) >= 11 is 0. The Morgan fingerprint density at radius 1 is 0.897 bits per heavy atom. The zero-order chi connectivity index (χ0) is 20.6. The summed E-state index contributed by atoms with van der Waals surface area (Å²) in [6.07, 6.45) is 1.67. The molecular formula is C22H21N3O4. The summed E-state index contributed by atoms with van der Waals surface area (Å²) in [6, 6.07) is 17.1. The fourth-order valence-electron chi connectivity index (χ4n) is 2.68. The number of pyridine rings is 1.